The van der Waals surface area contributed by atoms with Crippen molar-refractivity contribution in [3.05, 3.63) is 99.9 Å². The van der Waals surface area contributed by atoms with Crippen LogP contribution < -0.4 is 15.8 Å². The summed E-state index contributed by atoms with van der Waals surface area (Å²) in [5.41, 5.74) is 5.35. The molecule has 1 aliphatic rings. The first-order valence-corrected chi connectivity index (χ1v) is 14.2. The first-order chi connectivity index (χ1) is 19.9. The number of benzene rings is 3. The normalized spacial score (nSPS) is 14.1. The van der Waals surface area contributed by atoms with Gasteiger partial charge in [-0.05, 0) is 56.7 Å². The maximum atomic E-state index is 13.6. The number of piperazine rings is 1. The fourth-order valence-corrected chi connectivity index (χ4v) is 5.58. The van der Waals surface area contributed by atoms with Crippen molar-refractivity contribution in [2.24, 2.45) is 0 Å². The van der Waals surface area contributed by atoms with Gasteiger partial charge in [0.05, 0.1) is 16.1 Å². The highest BCUT2D eigenvalue weighted by atomic mass is 35.5. The number of aromatic nitrogens is 4. The van der Waals surface area contributed by atoms with E-state index in [-0.39, 0.29) is 5.56 Å². The van der Waals surface area contributed by atoms with Crippen molar-refractivity contribution >= 4 is 39.8 Å². The van der Waals surface area contributed by atoms with E-state index in [4.69, 9.17) is 21.7 Å². The summed E-state index contributed by atoms with van der Waals surface area (Å²) in [6.45, 7) is 10.8. The van der Waals surface area contributed by atoms with Crippen LogP contribution in [-0.2, 0) is 0 Å². The van der Waals surface area contributed by atoms with Crippen LogP contribution in [0.4, 0.5) is 17.3 Å². The highest BCUT2D eigenvalue weighted by Gasteiger charge is 2.21. The quantitative estimate of drug-likeness (QED) is 0.267. The van der Waals surface area contributed by atoms with E-state index in [0.717, 1.165) is 37.4 Å². The van der Waals surface area contributed by atoms with Crippen LogP contribution in [0.3, 0.4) is 0 Å². The average molecular weight is 566 g/mol. The minimum atomic E-state index is -0.336. The molecule has 5 aromatic rings. The minimum absolute atomic E-state index is 0.336. The summed E-state index contributed by atoms with van der Waals surface area (Å²) in [6.07, 6.45) is 1.56. The number of nitrogens with zero attached hydrogens (tertiary/aromatic N) is 6. The van der Waals surface area contributed by atoms with E-state index in [0.29, 0.717) is 39.3 Å². The SMILES string of the molecule is Cc1cc(Nc2ncc3c(=O)n(-c4ccccc4Cl)nc(-c4ccccc4)c3n2)ccc1N1CCN(C(C)C)CC1. The number of rotatable bonds is 6. The molecule has 1 aliphatic heterocycles. The maximum absolute atomic E-state index is 13.6. The van der Waals surface area contributed by atoms with Crippen molar-refractivity contribution in [3.63, 3.8) is 0 Å². The Morgan fingerprint density at radius 3 is 2.34 bits per heavy atom. The Balaban J connectivity index is 1.35. The molecule has 3 aromatic carbocycles. The summed E-state index contributed by atoms with van der Waals surface area (Å²) in [5.74, 6) is 0.393. The Hall–Kier alpha value is -4.27. The second-order valence-corrected chi connectivity index (χ2v) is 11.0. The van der Waals surface area contributed by atoms with Crippen LogP contribution in [0.15, 0.2) is 83.8 Å². The Labute approximate surface area is 244 Å². The number of aryl methyl sites for hydroxylation is 1. The van der Waals surface area contributed by atoms with E-state index in [1.165, 1.54) is 15.9 Å². The van der Waals surface area contributed by atoms with E-state index in [2.05, 4.69) is 59.1 Å². The summed E-state index contributed by atoms with van der Waals surface area (Å²) in [5, 5.41) is 8.86. The van der Waals surface area contributed by atoms with Crippen molar-refractivity contribution in [2.45, 2.75) is 26.8 Å². The number of anilines is 3. The number of nitrogens with one attached hydrogen (secondary N) is 1. The van der Waals surface area contributed by atoms with E-state index in [9.17, 15) is 4.79 Å². The van der Waals surface area contributed by atoms with Crippen molar-refractivity contribution in [3.8, 4) is 16.9 Å². The number of halogens is 1. The van der Waals surface area contributed by atoms with Crippen LogP contribution in [0, 0.1) is 6.92 Å². The summed E-state index contributed by atoms with van der Waals surface area (Å²) in [7, 11) is 0. The summed E-state index contributed by atoms with van der Waals surface area (Å²) in [6, 6.07) is 23.7. The van der Waals surface area contributed by atoms with E-state index >= 15 is 0 Å². The Kier molecular flexibility index (Phi) is 7.43. The molecule has 6 rings (SSSR count). The van der Waals surface area contributed by atoms with Gasteiger partial charge in [0.1, 0.15) is 11.2 Å². The predicted molar refractivity (Wildman–Crippen MR) is 167 cm³/mol. The number of fused-ring (bicyclic) bond motifs is 1. The van der Waals surface area contributed by atoms with Gasteiger partial charge in [0.2, 0.25) is 5.95 Å². The van der Waals surface area contributed by atoms with Gasteiger partial charge in [-0.15, -0.1) is 0 Å². The van der Waals surface area contributed by atoms with E-state index < -0.39 is 0 Å². The molecule has 208 valence electrons. The van der Waals surface area contributed by atoms with Gasteiger partial charge in [-0.1, -0.05) is 54.1 Å². The summed E-state index contributed by atoms with van der Waals surface area (Å²) >= 11 is 6.44. The second kappa shape index (κ2) is 11.3. The molecule has 8 nitrogen and oxygen atoms in total. The van der Waals surface area contributed by atoms with Crippen LogP contribution in [0.1, 0.15) is 19.4 Å². The van der Waals surface area contributed by atoms with Crippen LogP contribution in [0.5, 0.6) is 0 Å². The van der Waals surface area contributed by atoms with Gasteiger partial charge >= 0.3 is 0 Å². The standard InChI is InChI=1S/C32H32ClN7O/c1-21(2)38-15-17-39(18-16-38)27-14-13-24(19-22(27)3)35-32-34-20-25-30(36-32)29(23-9-5-4-6-10-23)37-40(31(25)41)28-12-8-7-11-26(28)33/h4-14,19-21H,15-18H2,1-3H3,(H,34,35,36). The molecule has 0 aliphatic carbocycles. The molecule has 0 atom stereocenters. The molecular formula is C32H32ClN7O. The van der Waals surface area contributed by atoms with Gasteiger partial charge < -0.3 is 10.2 Å². The lowest BCUT2D eigenvalue weighted by Gasteiger charge is -2.38. The van der Waals surface area contributed by atoms with E-state index in [1.807, 2.05) is 42.5 Å². The smallest absolute Gasteiger partial charge is 0.282 e. The molecule has 9 heteroatoms. The zero-order valence-electron chi connectivity index (χ0n) is 23.4. The molecule has 0 radical (unpaired) electrons. The van der Waals surface area contributed by atoms with Gasteiger partial charge in [-0.3, -0.25) is 9.69 Å². The third kappa shape index (κ3) is 5.40. The Bertz CT molecular complexity index is 1760. The largest absolute Gasteiger partial charge is 0.369 e. The molecule has 41 heavy (non-hydrogen) atoms. The minimum Gasteiger partial charge on any atom is -0.369 e. The molecule has 1 saturated heterocycles. The van der Waals surface area contributed by atoms with Gasteiger partial charge in [0.15, 0.2) is 0 Å². The topological polar surface area (TPSA) is 79.2 Å². The number of para-hydroxylation sites is 1. The van der Waals surface area contributed by atoms with Crippen molar-refractivity contribution in [1.29, 1.82) is 0 Å². The first kappa shape index (κ1) is 26.9. The molecule has 0 amide bonds. The number of hydrogen-bond donors (Lipinski definition) is 1. The fraction of sp³-hybridized carbons (Fsp3) is 0.250. The molecule has 0 bridgehead atoms. The molecule has 1 fully saturated rings. The van der Waals surface area contributed by atoms with Gasteiger partial charge in [0.25, 0.3) is 5.56 Å². The Morgan fingerprint density at radius 2 is 1.63 bits per heavy atom. The lowest BCUT2D eigenvalue weighted by Crippen LogP contribution is -2.49. The highest BCUT2D eigenvalue weighted by Crippen LogP contribution is 2.29. The first-order valence-electron chi connectivity index (χ1n) is 13.9. The summed E-state index contributed by atoms with van der Waals surface area (Å²) in [4.78, 5) is 27.8. The molecule has 0 spiro atoms. The predicted octanol–water partition coefficient (Wildman–Crippen LogP) is 6.08. The zero-order valence-corrected chi connectivity index (χ0v) is 24.1. The van der Waals surface area contributed by atoms with Gasteiger partial charge in [-0.2, -0.15) is 9.78 Å². The molecule has 0 saturated carbocycles. The van der Waals surface area contributed by atoms with Gasteiger partial charge in [-0.25, -0.2) is 9.97 Å². The van der Waals surface area contributed by atoms with Crippen molar-refractivity contribution < 1.29 is 0 Å². The fourth-order valence-electron chi connectivity index (χ4n) is 5.36. The molecule has 3 heterocycles. The molecule has 2 aromatic heterocycles. The van der Waals surface area contributed by atoms with Crippen LogP contribution >= 0.6 is 11.6 Å². The summed E-state index contributed by atoms with van der Waals surface area (Å²) < 4.78 is 1.33. The lowest BCUT2D eigenvalue weighted by atomic mass is 10.1. The van der Waals surface area contributed by atoms with E-state index in [1.54, 1.807) is 18.3 Å². The Morgan fingerprint density at radius 1 is 0.902 bits per heavy atom. The maximum Gasteiger partial charge on any atom is 0.282 e. The van der Waals surface area contributed by atoms with Crippen LogP contribution in [0.25, 0.3) is 27.8 Å². The molecular weight excluding hydrogens is 534 g/mol. The second-order valence-electron chi connectivity index (χ2n) is 10.6. The third-order valence-corrected chi connectivity index (χ3v) is 7.92. The van der Waals surface area contributed by atoms with Crippen LogP contribution in [0.2, 0.25) is 5.02 Å². The van der Waals surface area contributed by atoms with Gasteiger partial charge in [0, 0.05) is 55.4 Å². The molecule has 1 N–H and O–H groups in total. The van der Waals surface area contributed by atoms with Crippen molar-refractivity contribution in [2.75, 3.05) is 36.4 Å². The number of hydrogen-bond acceptors (Lipinski definition) is 7. The zero-order chi connectivity index (χ0) is 28.5. The monoisotopic (exact) mass is 565 g/mol. The highest BCUT2D eigenvalue weighted by molar-refractivity contribution is 6.32. The average Bonchev–Trinajstić information content (AvgIpc) is 2.98. The third-order valence-electron chi connectivity index (χ3n) is 7.60. The molecule has 0 unspecified atom stereocenters. The van der Waals surface area contributed by atoms with Crippen molar-refractivity contribution in [1.82, 2.24) is 24.6 Å². The lowest BCUT2D eigenvalue weighted by molar-refractivity contribution is 0.209. The van der Waals surface area contributed by atoms with Crippen LogP contribution in [-0.4, -0.2) is 56.9 Å².